The summed E-state index contributed by atoms with van der Waals surface area (Å²) in [7, 11) is 0. The number of rotatable bonds is 4. The van der Waals surface area contributed by atoms with Crippen molar-refractivity contribution in [1.82, 2.24) is 9.88 Å². The SMILES string of the molecule is CC1(c2ccnc(-c3ccc(F)cc3)c2)CCN(C(=O)OCC2c3ccccc3-c3ccccc32)C1. The third-order valence-electron chi connectivity index (χ3n) is 7.66. The van der Waals surface area contributed by atoms with E-state index in [9.17, 15) is 9.18 Å². The van der Waals surface area contributed by atoms with Gasteiger partial charge in [-0.2, -0.15) is 0 Å². The molecule has 180 valence electrons. The quantitative estimate of drug-likeness (QED) is 0.324. The smallest absolute Gasteiger partial charge is 0.409 e. The van der Waals surface area contributed by atoms with Crippen LogP contribution in [0.25, 0.3) is 22.4 Å². The minimum atomic E-state index is -0.270. The molecule has 2 heterocycles. The Morgan fingerprint density at radius 1 is 1.00 bits per heavy atom. The Morgan fingerprint density at radius 2 is 1.67 bits per heavy atom. The molecular weight excluding hydrogens is 451 g/mol. The van der Waals surface area contributed by atoms with Crippen molar-refractivity contribution in [2.24, 2.45) is 0 Å². The summed E-state index contributed by atoms with van der Waals surface area (Å²) >= 11 is 0. The van der Waals surface area contributed by atoms with E-state index in [4.69, 9.17) is 4.74 Å². The zero-order chi connectivity index (χ0) is 24.7. The maximum Gasteiger partial charge on any atom is 0.409 e. The van der Waals surface area contributed by atoms with Crippen LogP contribution in [0.5, 0.6) is 0 Å². The fraction of sp³-hybridized carbons (Fsp3) is 0.226. The Labute approximate surface area is 210 Å². The number of aromatic nitrogens is 1. The minimum Gasteiger partial charge on any atom is -0.448 e. The summed E-state index contributed by atoms with van der Waals surface area (Å²) in [5, 5.41) is 0. The molecule has 1 fully saturated rings. The molecule has 4 nitrogen and oxygen atoms in total. The van der Waals surface area contributed by atoms with Gasteiger partial charge in [-0.3, -0.25) is 4.98 Å². The first-order valence-electron chi connectivity index (χ1n) is 12.3. The first kappa shape index (κ1) is 22.5. The molecule has 1 aliphatic carbocycles. The highest BCUT2D eigenvalue weighted by molar-refractivity contribution is 5.79. The lowest BCUT2D eigenvalue weighted by molar-refractivity contribution is 0.106. The summed E-state index contributed by atoms with van der Waals surface area (Å²) in [6.07, 6.45) is 2.35. The number of hydrogen-bond acceptors (Lipinski definition) is 3. The van der Waals surface area contributed by atoms with Crippen LogP contribution in [0.1, 0.15) is 36.0 Å². The molecule has 0 radical (unpaired) electrons. The summed E-state index contributed by atoms with van der Waals surface area (Å²) in [6.45, 7) is 3.72. The summed E-state index contributed by atoms with van der Waals surface area (Å²) in [4.78, 5) is 19.4. The number of pyridine rings is 1. The van der Waals surface area contributed by atoms with Crippen LogP contribution in [0.3, 0.4) is 0 Å². The molecule has 0 bridgehead atoms. The third kappa shape index (κ3) is 3.95. The lowest BCUT2D eigenvalue weighted by Gasteiger charge is -2.26. The molecule has 1 aliphatic heterocycles. The Bertz CT molecular complexity index is 1390. The maximum atomic E-state index is 13.3. The van der Waals surface area contributed by atoms with Crippen molar-refractivity contribution in [3.8, 4) is 22.4 Å². The number of benzene rings is 3. The number of nitrogens with zero attached hydrogens (tertiary/aromatic N) is 2. The zero-order valence-corrected chi connectivity index (χ0v) is 20.2. The molecule has 5 heteroatoms. The number of halogens is 1. The van der Waals surface area contributed by atoms with E-state index in [1.54, 1.807) is 18.3 Å². The number of amides is 1. The van der Waals surface area contributed by atoms with Crippen LogP contribution < -0.4 is 0 Å². The molecule has 36 heavy (non-hydrogen) atoms. The monoisotopic (exact) mass is 478 g/mol. The summed E-state index contributed by atoms with van der Waals surface area (Å²) in [5.74, 6) is -0.217. The highest BCUT2D eigenvalue weighted by Gasteiger charge is 2.39. The minimum absolute atomic E-state index is 0.0498. The number of fused-ring (bicyclic) bond motifs is 3. The van der Waals surface area contributed by atoms with Crippen LogP contribution >= 0.6 is 0 Å². The van der Waals surface area contributed by atoms with Gasteiger partial charge in [-0.05, 0) is 70.6 Å². The summed E-state index contributed by atoms with van der Waals surface area (Å²) in [5.41, 5.74) is 7.44. The Morgan fingerprint density at radius 3 is 2.36 bits per heavy atom. The van der Waals surface area contributed by atoms with E-state index in [-0.39, 0.29) is 23.2 Å². The van der Waals surface area contributed by atoms with E-state index < -0.39 is 0 Å². The predicted molar refractivity (Wildman–Crippen MR) is 138 cm³/mol. The largest absolute Gasteiger partial charge is 0.448 e. The van der Waals surface area contributed by atoms with Crippen LogP contribution in [0, 0.1) is 5.82 Å². The standard InChI is InChI=1S/C31H27FN2O2/c1-31(22-14-16-33-29(18-22)21-10-12-23(32)13-11-21)15-17-34(20-31)30(35)36-19-28-26-8-4-2-6-24(26)25-7-3-5-9-27(25)28/h2-14,16,18,28H,15,17,19-20H2,1H3. The number of likely N-dealkylation sites (tertiary alicyclic amines) is 1. The number of carbonyl (C=O) groups excluding carboxylic acids is 1. The normalized spacial score (nSPS) is 18.7. The average molecular weight is 479 g/mol. The average Bonchev–Trinajstić information content (AvgIpc) is 3.47. The molecule has 6 rings (SSSR count). The van der Waals surface area contributed by atoms with Gasteiger partial charge in [0.1, 0.15) is 12.4 Å². The van der Waals surface area contributed by atoms with E-state index in [0.29, 0.717) is 19.7 Å². The van der Waals surface area contributed by atoms with Crippen molar-refractivity contribution < 1.29 is 13.9 Å². The fourth-order valence-corrected chi connectivity index (χ4v) is 5.62. The van der Waals surface area contributed by atoms with Gasteiger partial charge in [-0.1, -0.05) is 55.5 Å². The van der Waals surface area contributed by atoms with Gasteiger partial charge in [0.15, 0.2) is 0 Å². The van der Waals surface area contributed by atoms with Crippen molar-refractivity contribution >= 4 is 6.09 Å². The van der Waals surface area contributed by atoms with Gasteiger partial charge in [0.05, 0.1) is 5.69 Å². The molecule has 1 saturated heterocycles. The fourth-order valence-electron chi connectivity index (χ4n) is 5.62. The second-order valence-corrected chi connectivity index (χ2v) is 9.97. The zero-order valence-electron chi connectivity index (χ0n) is 20.2. The maximum absolute atomic E-state index is 13.3. The molecule has 1 atom stereocenters. The lowest BCUT2D eigenvalue weighted by atomic mass is 9.82. The van der Waals surface area contributed by atoms with Crippen LogP contribution in [0.2, 0.25) is 0 Å². The van der Waals surface area contributed by atoms with E-state index >= 15 is 0 Å². The van der Waals surface area contributed by atoms with Crippen LogP contribution in [0.4, 0.5) is 9.18 Å². The van der Waals surface area contributed by atoms with Gasteiger partial charge in [0.25, 0.3) is 0 Å². The topological polar surface area (TPSA) is 42.4 Å². The van der Waals surface area contributed by atoms with E-state index in [0.717, 1.165) is 23.2 Å². The molecule has 2 aliphatic rings. The first-order chi connectivity index (χ1) is 17.5. The van der Waals surface area contributed by atoms with Gasteiger partial charge < -0.3 is 9.64 Å². The molecule has 1 aromatic heterocycles. The predicted octanol–water partition coefficient (Wildman–Crippen LogP) is 6.80. The molecule has 1 unspecified atom stereocenters. The number of ether oxygens (including phenoxy) is 1. The molecular formula is C31H27FN2O2. The third-order valence-corrected chi connectivity index (χ3v) is 7.66. The second kappa shape index (κ2) is 8.90. The van der Waals surface area contributed by atoms with Crippen molar-refractivity contribution in [3.05, 3.63) is 114 Å². The molecule has 1 amide bonds. The number of carbonyl (C=O) groups is 1. The first-order valence-corrected chi connectivity index (χ1v) is 12.3. The molecule has 0 spiro atoms. The second-order valence-electron chi connectivity index (χ2n) is 9.97. The van der Waals surface area contributed by atoms with Crippen LogP contribution in [-0.4, -0.2) is 35.7 Å². The van der Waals surface area contributed by atoms with Crippen molar-refractivity contribution in [1.29, 1.82) is 0 Å². The lowest BCUT2D eigenvalue weighted by Crippen LogP contribution is -2.34. The van der Waals surface area contributed by atoms with Gasteiger partial charge >= 0.3 is 6.09 Å². The molecule has 0 saturated carbocycles. The molecule has 4 aromatic rings. The van der Waals surface area contributed by atoms with Crippen molar-refractivity contribution in [2.45, 2.75) is 24.7 Å². The molecule has 0 N–H and O–H groups in total. The highest BCUT2D eigenvalue weighted by atomic mass is 19.1. The van der Waals surface area contributed by atoms with Crippen molar-refractivity contribution in [2.75, 3.05) is 19.7 Å². The Balaban J connectivity index is 1.16. The number of hydrogen-bond donors (Lipinski definition) is 0. The van der Waals surface area contributed by atoms with E-state index in [1.807, 2.05) is 23.1 Å². The van der Waals surface area contributed by atoms with Gasteiger partial charge in [-0.15, -0.1) is 0 Å². The van der Waals surface area contributed by atoms with Gasteiger partial charge in [0.2, 0.25) is 0 Å². The Hall–Kier alpha value is -3.99. The summed E-state index contributed by atoms with van der Waals surface area (Å²) < 4.78 is 19.2. The van der Waals surface area contributed by atoms with Gasteiger partial charge in [0, 0.05) is 36.2 Å². The highest BCUT2D eigenvalue weighted by Crippen LogP contribution is 2.44. The van der Waals surface area contributed by atoms with E-state index in [2.05, 4.69) is 54.4 Å². The molecule has 3 aromatic carbocycles. The van der Waals surface area contributed by atoms with Crippen LogP contribution in [-0.2, 0) is 10.2 Å². The van der Waals surface area contributed by atoms with Gasteiger partial charge in [-0.25, -0.2) is 9.18 Å². The van der Waals surface area contributed by atoms with E-state index in [1.165, 1.54) is 34.4 Å². The summed E-state index contributed by atoms with van der Waals surface area (Å²) in [6, 6.07) is 27.1. The van der Waals surface area contributed by atoms with Crippen LogP contribution in [0.15, 0.2) is 91.1 Å². The Kier molecular flexibility index (Phi) is 5.56. The van der Waals surface area contributed by atoms with Crippen molar-refractivity contribution in [3.63, 3.8) is 0 Å².